The van der Waals surface area contributed by atoms with E-state index in [1.165, 1.54) is 18.9 Å². The third-order valence-electron chi connectivity index (χ3n) is 2.53. The molecule has 0 aromatic carbocycles. The molecular formula is C13H25NO2. The highest BCUT2D eigenvalue weighted by Crippen LogP contribution is 2.03. The summed E-state index contributed by atoms with van der Waals surface area (Å²) in [6, 6.07) is 0.557. The number of esters is 1. The van der Waals surface area contributed by atoms with Gasteiger partial charge in [0.15, 0.2) is 0 Å². The first kappa shape index (κ1) is 15.2. The minimum Gasteiger partial charge on any atom is -0.462 e. The van der Waals surface area contributed by atoms with Gasteiger partial charge in [-0.05, 0) is 33.2 Å². The zero-order chi connectivity index (χ0) is 12.4. The molecule has 0 N–H and O–H groups in total. The van der Waals surface area contributed by atoms with E-state index in [4.69, 9.17) is 4.74 Å². The highest BCUT2D eigenvalue weighted by molar-refractivity contribution is 5.81. The van der Waals surface area contributed by atoms with Gasteiger partial charge in [-0.25, -0.2) is 4.79 Å². The van der Waals surface area contributed by atoms with E-state index in [-0.39, 0.29) is 5.97 Å². The second kappa shape index (κ2) is 9.40. The van der Waals surface area contributed by atoms with Crippen LogP contribution in [-0.2, 0) is 9.53 Å². The summed E-state index contributed by atoms with van der Waals surface area (Å²) in [6.07, 6.45) is 4.54. The normalized spacial score (nSPS) is 10.8. The van der Waals surface area contributed by atoms with Gasteiger partial charge >= 0.3 is 5.97 Å². The Hall–Kier alpha value is -0.830. The lowest BCUT2D eigenvalue weighted by molar-refractivity contribution is -0.137. The number of hydrogen-bond acceptors (Lipinski definition) is 3. The molecule has 0 unspecified atom stereocenters. The van der Waals surface area contributed by atoms with Gasteiger partial charge in [0.2, 0.25) is 0 Å². The molecular weight excluding hydrogens is 202 g/mol. The minimum absolute atomic E-state index is 0.329. The molecule has 0 aliphatic carbocycles. The molecule has 0 aromatic heterocycles. The number of unbranched alkanes of at least 4 members (excludes halogenated alkanes) is 1. The molecule has 0 aliphatic rings. The second-order valence-corrected chi connectivity index (χ2v) is 4.21. The van der Waals surface area contributed by atoms with Crippen molar-refractivity contribution < 1.29 is 9.53 Å². The fraction of sp³-hybridized carbons (Fsp3) is 0.769. The van der Waals surface area contributed by atoms with Crippen LogP contribution in [-0.4, -0.2) is 36.6 Å². The third kappa shape index (κ3) is 7.46. The van der Waals surface area contributed by atoms with Gasteiger partial charge in [0, 0.05) is 18.7 Å². The maximum atomic E-state index is 10.8. The number of ether oxygens (including phenoxy) is 1. The van der Waals surface area contributed by atoms with Gasteiger partial charge < -0.3 is 9.64 Å². The van der Waals surface area contributed by atoms with Gasteiger partial charge in [-0.1, -0.05) is 19.9 Å². The van der Waals surface area contributed by atoms with E-state index in [9.17, 15) is 4.79 Å². The van der Waals surface area contributed by atoms with E-state index >= 15 is 0 Å². The van der Waals surface area contributed by atoms with E-state index in [1.807, 2.05) is 0 Å². The van der Waals surface area contributed by atoms with Gasteiger partial charge in [0.25, 0.3) is 0 Å². The molecule has 0 bridgehead atoms. The van der Waals surface area contributed by atoms with Gasteiger partial charge in [-0.3, -0.25) is 0 Å². The Balaban J connectivity index is 3.67. The fourth-order valence-electron chi connectivity index (χ4n) is 1.49. The molecule has 0 fully saturated rings. The quantitative estimate of drug-likeness (QED) is 0.344. The Morgan fingerprint density at radius 1 is 1.38 bits per heavy atom. The fourth-order valence-corrected chi connectivity index (χ4v) is 1.49. The summed E-state index contributed by atoms with van der Waals surface area (Å²) in [5.74, 6) is -0.329. The first-order valence-electron chi connectivity index (χ1n) is 6.15. The van der Waals surface area contributed by atoms with E-state index in [0.717, 1.165) is 19.5 Å². The van der Waals surface area contributed by atoms with Crippen molar-refractivity contribution in [1.29, 1.82) is 0 Å². The molecule has 0 radical (unpaired) electrons. The van der Waals surface area contributed by atoms with Crippen LogP contribution >= 0.6 is 0 Å². The molecule has 3 heteroatoms. The van der Waals surface area contributed by atoms with Gasteiger partial charge in [-0.15, -0.1) is 0 Å². The Morgan fingerprint density at radius 2 is 2.00 bits per heavy atom. The highest BCUT2D eigenvalue weighted by Gasteiger charge is 2.08. The molecule has 0 atom stereocenters. The molecule has 0 spiro atoms. The van der Waals surface area contributed by atoms with Crippen molar-refractivity contribution in [3.63, 3.8) is 0 Å². The smallest absolute Gasteiger partial charge is 0.330 e. The van der Waals surface area contributed by atoms with Crippen molar-refractivity contribution in [1.82, 2.24) is 4.90 Å². The minimum atomic E-state index is -0.329. The van der Waals surface area contributed by atoms with Crippen LogP contribution in [0.5, 0.6) is 0 Å². The molecule has 94 valence electrons. The first-order chi connectivity index (χ1) is 7.61. The maximum absolute atomic E-state index is 10.8. The lowest BCUT2D eigenvalue weighted by atomic mass is 10.2. The predicted octanol–water partition coefficient (Wildman–Crippen LogP) is 2.62. The van der Waals surface area contributed by atoms with Crippen LogP contribution in [0.15, 0.2) is 12.7 Å². The van der Waals surface area contributed by atoms with Crippen molar-refractivity contribution in [2.45, 2.75) is 46.1 Å². The molecule has 0 heterocycles. The third-order valence-corrected chi connectivity index (χ3v) is 2.53. The molecule has 0 amide bonds. The van der Waals surface area contributed by atoms with Crippen LogP contribution in [0, 0.1) is 0 Å². The molecule has 0 saturated carbocycles. The van der Waals surface area contributed by atoms with E-state index in [1.54, 1.807) is 0 Å². The Labute approximate surface area is 99.5 Å². The van der Waals surface area contributed by atoms with Crippen molar-refractivity contribution in [3.8, 4) is 0 Å². The van der Waals surface area contributed by atoms with Crippen molar-refractivity contribution in [3.05, 3.63) is 12.7 Å². The number of nitrogens with zero attached hydrogens (tertiary/aromatic N) is 1. The topological polar surface area (TPSA) is 29.5 Å². The number of carbonyl (C=O) groups excluding carboxylic acids is 1. The number of carbonyl (C=O) groups is 1. The molecule has 0 aromatic rings. The zero-order valence-corrected chi connectivity index (χ0v) is 10.9. The second-order valence-electron chi connectivity index (χ2n) is 4.21. The molecule has 0 rings (SSSR count). The van der Waals surface area contributed by atoms with Crippen molar-refractivity contribution in [2.75, 3.05) is 19.7 Å². The van der Waals surface area contributed by atoms with Crippen LogP contribution < -0.4 is 0 Å². The van der Waals surface area contributed by atoms with Crippen LogP contribution in [0.3, 0.4) is 0 Å². The summed E-state index contributed by atoms with van der Waals surface area (Å²) in [4.78, 5) is 13.2. The summed E-state index contributed by atoms with van der Waals surface area (Å²) in [5.41, 5.74) is 0. The lowest BCUT2D eigenvalue weighted by Gasteiger charge is -2.26. The summed E-state index contributed by atoms with van der Waals surface area (Å²) < 4.78 is 4.94. The molecule has 16 heavy (non-hydrogen) atoms. The molecule has 0 aliphatic heterocycles. The summed E-state index contributed by atoms with van der Waals surface area (Å²) in [6.45, 7) is 12.6. The molecule has 3 nitrogen and oxygen atoms in total. The number of rotatable bonds is 9. The van der Waals surface area contributed by atoms with Crippen molar-refractivity contribution in [2.24, 2.45) is 0 Å². The van der Waals surface area contributed by atoms with Crippen LogP contribution in [0.4, 0.5) is 0 Å². The monoisotopic (exact) mass is 227 g/mol. The largest absolute Gasteiger partial charge is 0.462 e. The predicted molar refractivity (Wildman–Crippen MR) is 67.4 cm³/mol. The van der Waals surface area contributed by atoms with Crippen LogP contribution in [0.2, 0.25) is 0 Å². The van der Waals surface area contributed by atoms with E-state index in [2.05, 4.69) is 32.3 Å². The standard InChI is InChI=1S/C13H25NO2/c1-5-7-9-14(12(3)4)10-8-11-16-13(15)6-2/h6,12H,2,5,7-11H2,1,3-4H3. The van der Waals surface area contributed by atoms with Gasteiger partial charge in [0.1, 0.15) is 0 Å². The average Bonchev–Trinajstić information content (AvgIpc) is 2.27. The Bertz CT molecular complexity index is 202. The average molecular weight is 227 g/mol. The summed E-state index contributed by atoms with van der Waals surface area (Å²) in [7, 11) is 0. The Kier molecular flexibility index (Phi) is 8.91. The Morgan fingerprint density at radius 3 is 2.50 bits per heavy atom. The first-order valence-corrected chi connectivity index (χ1v) is 6.15. The van der Waals surface area contributed by atoms with Gasteiger partial charge in [0.05, 0.1) is 6.61 Å². The van der Waals surface area contributed by atoms with Crippen molar-refractivity contribution >= 4 is 5.97 Å². The highest BCUT2D eigenvalue weighted by atomic mass is 16.5. The van der Waals surface area contributed by atoms with Gasteiger partial charge in [-0.2, -0.15) is 0 Å². The molecule has 0 saturated heterocycles. The zero-order valence-electron chi connectivity index (χ0n) is 10.9. The van der Waals surface area contributed by atoms with E-state index < -0.39 is 0 Å². The maximum Gasteiger partial charge on any atom is 0.330 e. The lowest BCUT2D eigenvalue weighted by Crippen LogP contribution is -2.33. The number of hydrogen-bond donors (Lipinski definition) is 0. The summed E-state index contributed by atoms with van der Waals surface area (Å²) >= 11 is 0. The van der Waals surface area contributed by atoms with E-state index in [0.29, 0.717) is 12.6 Å². The van der Waals surface area contributed by atoms with Crippen LogP contribution in [0.25, 0.3) is 0 Å². The summed E-state index contributed by atoms with van der Waals surface area (Å²) in [5, 5.41) is 0. The SMILES string of the molecule is C=CC(=O)OCCCN(CCCC)C(C)C. The van der Waals surface area contributed by atoms with Crippen LogP contribution in [0.1, 0.15) is 40.0 Å².